The number of hydrogen-bond acceptors (Lipinski definition) is 4. The maximum Gasteiger partial charge on any atom is 0.311 e. The molecule has 0 radical (unpaired) electrons. The summed E-state index contributed by atoms with van der Waals surface area (Å²) in [7, 11) is 0. The average Bonchev–Trinajstić information content (AvgIpc) is 2.60. The van der Waals surface area contributed by atoms with Gasteiger partial charge in [-0.05, 0) is 36.2 Å². The smallest absolute Gasteiger partial charge is 0.311 e. The number of ether oxygens (including phenoxy) is 1. The average molecular weight is 347 g/mol. The van der Waals surface area contributed by atoms with Gasteiger partial charge >= 0.3 is 5.97 Å². The second-order valence-corrected chi connectivity index (χ2v) is 6.57. The van der Waals surface area contributed by atoms with E-state index in [0.29, 0.717) is 12.2 Å². The topological polar surface area (TPSA) is 66.4 Å². The standard InChI is InChI=1S/C21H32O4/c1-2-3-4-5-6-7-8-9-10-11-12-13-20(22)25-19-16-14-18(15-17-19)21(23)24/h14-17H,2-13H2,1H3,(H,23,24)/p-1. The molecule has 0 saturated heterocycles. The van der Waals surface area contributed by atoms with E-state index in [9.17, 15) is 14.7 Å². The van der Waals surface area contributed by atoms with Crippen molar-refractivity contribution in [1.82, 2.24) is 0 Å². The van der Waals surface area contributed by atoms with Crippen LogP contribution in [0.4, 0.5) is 0 Å². The van der Waals surface area contributed by atoms with E-state index >= 15 is 0 Å². The lowest BCUT2D eigenvalue weighted by Gasteiger charge is -2.06. The molecule has 0 aliphatic heterocycles. The fraction of sp³-hybridized carbons (Fsp3) is 0.619. The number of hydrogen-bond donors (Lipinski definition) is 0. The molecule has 0 spiro atoms. The van der Waals surface area contributed by atoms with Crippen molar-refractivity contribution in [2.75, 3.05) is 0 Å². The van der Waals surface area contributed by atoms with Gasteiger partial charge in [0.2, 0.25) is 0 Å². The minimum atomic E-state index is -1.24. The third-order valence-corrected chi connectivity index (χ3v) is 4.31. The van der Waals surface area contributed by atoms with Gasteiger partial charge in [-0.2, -0.15) is 0 Å². The van der Waals surface area contributed by atoms with Crippen LogP contribution in [0.3, 0.4) is 0 Å². The molecule has 1 rings (SSSR count). The molecule has 0 bridgehead atoms. The zero-order chi connectivity index (χ0) is 18.3. The first-order valence-electron chi connectivity index (χ1n) is 9.65. The quantitative estimate of drug-likeness (QED) is 0.279. The maximum absolute atomic E-state index is 11.7. The van der Waals surface area contributed by atoms with Crippen molar-refractivity contribution >= 4 is 11.9 Å². The first-order valence-corrected chi connectivity index (χ1v) is 9.65. The molecular formula is C21H31O4-. The van der Waals surface area contributed by atoms with Gasteiger partial charge < -0.3 is 14.6 Å². The van der Waals surface area contributed by atoms with E-state index in [1.54, 1.807) is 0 Å². The van der Waals surface area contributed by atoms with Crippen LogP contribution in [0.5, 0.6) is 5.75 Å². The number of carbonyl (C=O) groups is 2. The summed E-state index contributed by atoms with van der Waals surface area (Å²) in [5.74, 6) is -1.13. The highest BCUT2D eigenvalue weighted by Gasteiger charge is 2.05. The van der Waals surface area contributed by atoms with Gasteiger partial charge in [0, 0.05) is 6.42 Å². The Hall–Kier alpha value is -1.84. The van der Waals surface area contributed by atoms with Crippen LogP contribution >= 0.6 is 0 Å². The fourth-order valence-electron chi connectivity index (χ4n) is 2.78. The number of aromatic carboxylic acids is 1. The van der Waals surface area contributed by atoms with Gasteiger partial charge in [0.15, 0.2) is 0 Å². The number of carbonyl (C=O) groups excluding carboxylic acids is 2. The maximum atomic E-state index is 11.7. The molecule has 0 heterocycles. The third kappa shape index (κ3) is 10.6. The Morgan fingerprint density at radius 3 is 1.76 bits per heavy atom. The molecular weight excluding hydrogens is 316 g/mol. The Bertz CT molecular complexity index is 493. The van der Waals surface area contributed by atoms with Crippen LogP contribution in [-0.4, -0.2) is 11.9 Å². The largest absolute Gasteiger partial charge is 0.545 e. The van der Waals surface area contributed by atoms with Gasteiger partial charge in [-0.1, -0.05) is 71.1 Å². The Labute approximate surface area is 151 Å². The highest BCUT2D eigenvalue weighted by atomic mass is 16.5. The fourth-order valence-corrected chi connectivity index (χ4v) is 2.78. The van der Waals surface area contributed by atoms with Crippen molar-refractivity contribution in [3.63, 3.8) is 0 Å². The lowest BCUT2D eigenvalue weighted by molar-refractivity contribution is -0.255. The van der Waals surface area contributed by atoms with Gasteiger partial charge in [-0.15, -0.1) is 0 Å². The molecule has 1 aromatic carbocycles. The lowest BCUT2D eigenvalue weighted by Crippen LogP contribution is -2.22. The molecule has 0 amide bonds. The van der Waals surface area contributed by atoms with Crippen LogP contribution in [0, 0.1) is 0 Å². The molecule has 0 fully saturated rings. The highest BCUT2D eigenvalue weighted by Crippen LogP contribution is 2.15. The van der Waals surface area contributed by atoms with Crippen molar-refractivity contribution in [1.29, 1.82) is 0 Å². The number of carboxylic acid groups (broad SMARTS) is 1. The Kier molecular flexibility index (Phi) is 11.4. The van der Waals surface area contributed by atoms with Crippen molar-refractivity contribution in [3.05, 3.63) is 29.8 Å². The van der Waals surface area contributed by atoms with Crippen LogP contribution in [-0.2, 0) is 4.79 Å². The SMILES string of the molecule is CCCCCCCCCCCCCC(=O)Oc1ccc(C(=O)[O-])cc1. The molecule has 1 aromatic rings. The summed E-state index contributed by atoms with van der Waals surface area (Å²) < 4.78 is 5.19. The Balaban J connectivity index is 1.99. The lowest BCUT2D eigenvalue weighted by atomic mass is 10.1. The monoisotopic (exact) mass is 347 g/mol. The van der Waals surface area contributed by atoms with E-state index < -0.39 is 5.97 Å². The first-order chi connectivity index (χ1) is 12.1. The number of carboxylic acids is 1. The second kappa shape index (κ2) is 13.5. The summed E-state index contributed by atoms with van der Waals surface area (Å²) in [4.78, 5) is 22.4. The van der Waals surface area contributed by atoms with E-state index in [1.165, 1.54) is 82.1 Å². The number of esters is 1. The number of unbranched alkanes of at least 4 members (excludes halogenated alkanes) is 10. The summed E-state index contributed by atoms with van der Waals surface area (Å²) in [5, 5.41) is 10.6. The third-order valence-electron chi connectivity index (χ3n) is 4.31. The summed E-state index contributed by atoms with van der Waals surface area (Å²) in [6.45, 7) is 2.24. The van der Waals surface area contributed by atoms with E-state index in [4.69, 9.17) is 4.74 Å². The predicted octanol–water partition coefficient (Wildman–Crippen LogP) is 4.66. The van der Waals surface area contributed by atoms with Crippen LogP contribution in [0.1, 0.15) is 94.3 Å². The zero-order valence-electron chi connectivity index (χ0n) is 15.4. The molecule has 0 unspecified atom stereocenters. The van der Waals surface area contributed by atoms with Crippen LogP contribution < -0.4 is 9.84 Å². The zero-order valence-corrected chi connectivity index (χ0v) is 15.4. The minimum Gasteiger partial charge on any atom is -0.545 e. The number of rotatable bonds is 14. The van der Waals surface area contributed by atoms with Crippen molar-refractivity contribution in [3.8, 4) is 5.75 Å². The van der Waals surface area contributed by atoms with E-state index in [-0.39, 0.29) is 11.5 Å². The van der Waals surface area contributed by atoms with Gasteiger partial charge in [-0.25, -0.2) is 0 Å². The van der Waals surface area contributed by atoms with Crippen molar-refractivity contribution < 1.29 is 19.4 Å². The summed E-state index contributed by atoms with van der Waals surface area (Å²) in [5.41, 5.74) is 0.0742. The van der Waals surface area contributed by atoms with Gasteiger partial charge in [-0.3, -0.25) is 4.79 Å². The number of benzene rings is 1. The molecule has 140 valence electrons. The van der Waals surface area contributed by atoms with Gasteiger partial charge in [0.25, 0.3) is 0 Å². The Morgan fingerprint density at radius 2 is 1.28 bits per heavy atom. The summed E-state index contributed by atoms with van der Waals surface area (Å²) in [6.07, 6.45) is 14.1. The van der Waals surface area contributed by atoms with Crippen LogP contribution in [0.15, 0.2) is 24.3 Å². The molecule has 0 N–H and O–H groups in total. The molecule has 0 aliphatic rings. The van der Waals surface area contributed by atoms with E-state index in [0.717, 1.165) is 12.8 Å². The molecule has 0 saturated carbocycles. The molecule has 0 atom stereocenters. The van der Waals surface area contributed by atoms with Crippen molar-refractivity contribution in [2.24, 2.45) is 0 Å². The summed E-state index contributed by atoms with van der Waals surface area (Å²) >= 11 is 0. The van der Waals surface area contributed by atoms with Crippen LogP contribution in [0.25, 0.3) is 0 Å². The van der Waals surface area contributed by atoms with Gasteiger partial charge in [0.1, 0.15) is 5.75 Å². The first kappa shape index (κ1) is 21.2. The molecule has 4 heteroatoms. The molecule has 25 heavy (non-hydrogen) atoms. The van der Waals surface area contributed by atoms with Crippen molar-refractivity contribution in [2.45, 2.75) is 84.0 Å². The molecule has 4 nitrogen and oxygen atoms in total. The molecule has 0 aromatic heterocycles. The second-order valence-electron chi connectivity index (χ2n) is 6.57. The normalized spacial score (nSPS) is 10.6. The van der Waals surface area contributed by atoms with E-state index in [1.807, 2.05) is 0 Å². The van der Waals surface area contributed by atoms with E-state index in [2.05, 4.69) is 6.92 Å². The predicted molar refractivity (Wildman–Crippen MR) is 97.5 cm³/mol. The Morgan fingerprint density at radius 1 is 0.800 bits per heavy atom. The molecule has 0 aliphatic carbocycles. The highest BCUT2D eigenvalue weighted by molar-refractivity contribution is 5.86. The minimum absolute atomic E-state index is 0.0742. The summed E-state index contributed by atoms with van der Waals surface area (Å²) in [6, 6.07) is 5.70. The van der Waals surface area contributed by atoms with Crippen LogP contribution in [0.2, 0.25) is 0 Å². The van der Waals surface area contributed by atoms with Gasteiger partial charge in [0.05, 0.1) is 5.97 Å².